The molecule has 0 heterocycles. The summed E-state index contributed by atoms with van der Waals surface area (Å²) in [5.41, 5.74) is 0.645. The van der Waals surface area contributed by atoms with Crippen molar-refractivity contribution in [3.05, 3.63) is 23.8 Å². The molecule has 0 bridgehead atoms. The molecule has 0 spiro atoms. The lowest BCUT2D eigenvalue weighted by Crippen LogP contribution is -2.35. The van der Waals surface area contributed by atoms with Gasteiger partial charge in [0.15, 0.2) is 11.5 Å². The van der Waals surface area contributed by atoms with Gasteiger partial charge in [-0.15, -0.1) is 12.4 Å². The maximum atomic E-state index is 10.7. The number of phenols is 2. The Kier molecular flexibility index (Phi) is 5.63. The number of hydrogen-bond acceptors (Lipinski definition) is 4. The van der Waals surface area contributed by atoms with Crippen LogP contribution in [0.25, 0.3) is 0 Å². The van der Waals surface area contributed by atoms with E-state index in [9.17, 15) is 9.90 Å². The van der Waals surface area contributed by atoms with E-state index in [1.807, 2.05) is 0 Å². The normalized spacial score (nSPS) is 11.6. The van der Waals surface area contributed by atoms with Crippen molar-refractivity contribution in [3.8, 4) is 11.5 Å². The first-order valence-corrected chi connectivity index (χ1v) is 4.45. The molecule has 5 nitrogen and oxygen atoms in total. The molecule has 1 aromatic rings. The number of likely N-dealkylation sites (N-methyl/N-ethyl adjacent to an activating group) is 1. The zero-order chi connectivity index (χ0) is 11.4. The predicted molar refractivity (Wildman–Crippen MR) is 61.2 cm³/mol. The highest BCUT2D eigenvalue weighted by Gasteiger charge is 2.15. The summed E-state index contributed by atoms with van der Waals surface area (Å²) < 4.78 is 0. The summed E-state index contributed by atoms with van der Waals surface area (Å²) in [5, 5.41) is 29.7. The molecule has 16 heavy (non-hydrogen) atoms. The Bertz CT molecular complexity index is 370. The van der Waals surface area contributed by atoms with Crippen LogP contribution >= 0.6 is 12.4 Å². The molecule has 0 saturated carbocycles. The van der Waals surface area contributed by atoms with E-state index in [0.717, 1.165) is 0 Å². The van der Waals surface area contributed by atoms with Gasteiger partial charge in [0, 0.05) is 0 Å². The van der Waals surface area contributed by atoms with Crippen molar-refractivity contribution in [3.63, 3.8) is 0 Å². The maximum Gasteiger partial charge on any atom is 0.321 e. The van der Waals surface area contributed by atoms with Gasteiger partial charge in [0.2, 0.25) is 0 Å². The largest absolute Gasteiger partial charge is 0.504 e. The third kappa shape index (κ3) is 3.60. The highest BCUT2D eigenvalue weighted by atomic mass is 35.5. The van der Waals surface area contributed by atoms with Gasteiger partial charge in [-0.1, -0.05) is 6.07 Å². The number of phenolic OH excluding ortho intramolecular Hbond substituents is 2. The number of rotatable bonds is 4. The lowest BCUT2D eigenvalue weighted by Gasteiger charge is -2.11. The van der Waals surface area contributed by atoms with Crippen molar-refractivity contribution in [1.29, 1.82) is 0 Å². The lowest BCUT2D eigenvalue weighted by atomic mass is 10.1. The number of carboxylic acids is 1. The molecule has 90 valence electrons. The van der Waals surface area contributed by atoms with E-state index in [2.05, 4.69) is 5.32 Å². The summed E-state index contributed by atoms with van der Waals surface area (Å²) in [6.45, 7) is 0. The molecule has 6 heteroatoms. The van der Waals surface area contributed by atoms with E-state index in [1.54, 1.807) is 13.1 Å². The first-order valence-electron chi connectivity index (χ1n) is 4.45. The third-order valence-corrected chi connectivity index (χ3v) is 2.13. The summed E-state index contributed by atoms with van der Waals surface area (Å²) >= 11 is 0. The topological polar surface area (TPSA) is 89.8 Å². The zero-order valence-corrected chi connectivity index (χ0v) is 9.49. The second-order valence-corrected chi connectivity index (χ2v) is 3.21. The molecule has 0 aliphatic rings. The van der Waals surface area contributed by atoms with Gasteiger partial charge in [-0.3, -0.25) is 4.79 Å². The van der Waals surface area contributed by atoms with Crippen molar-refractivity contribution in [1.82, 2.24) is 5.32 Å². The van der Waals surface area contributed by atoms with Crippen LogP contribution in [0.3, 0.4) is 0 Å². The van der Waals surface area contributed by atoms with Crippen LogP contribution in [0.1, 0.15) is 5.56 Å². The van der Waals surface area contributed by atoms with Crippen LogP contribution in [0.2, 0.25) is 0 Å². The number of halogens is 1. The number of hydrogen-bond donors (Lipinski definition) is 4. The van der Waals surface area contributed by atoms with Crippen molar-refractivity contribution >= 4 is 18.4 Å². The number of carbonyl (C=O) groups is 1. The second-order valence-electron chi connectivity index (χ2n) is 3.21. The average molecular weight is 248 g/mol. The fourth-order valence-electron chi connectivity index (χ4n) is 1.24. The van der Waals surface area contributed by atoms with Gasteiger partial charge in [-0.05, 0) is 31.2 Å². The molecule has 0 saturated heterocycles. The van der Waals surface area contributed by atoms with Gasteiger partial charge in [0.1, 0.15) is 6.04 Å². The summed E-state index contributed by atoms with van der Waals surface area (Å²) in [4.78, 5) is 10.7. The SMILES string of the molecule is CN[C@@H](Cc1ccc(O)c(O)c1)C(=O)O.Cl. The standard InChI is InChI=1S/C10H13NO4.ClH/c1-11-7(10(14)15)4-6-2-3-8(12)9(13)5-6;/h2-3,5,7,11-13H,4H2,1H3,(H,14,15);1H/t7-;/m0./s1. The molecular formula is C10H14ClNO4. The summed E-state index contributed by atoms with van der Waals surface area (Å²) in [5.74, 6) is -1.41. The van der Waals surface area contributed by atoms with Crippen LogP contribution in [-0.2, 0) is 11.2 Å². The minimum atomic E-state index is -0.954. The van der Waals surface area contributed by atoms with E-state index in [4.69, 9.17) is 10.2 Å². The van der Waals surface area contributed by atoms with Crippen LogP contribution in [-0.4, -0.2) is 34.4 Å². The Hall–Kier alpha value is -1.46. The molecule has 0 aliphatic heterocycles. The molecule has 0 radical (unpaired) electrons. The molecule has 0 unspecified atom stereocenters. The number of aromatic hydroxyl groups is 2. The van der Waals surface area contributed by atoms with Gasteiger partial charge in [0.25, 0.3) is 0 Å². The smallest absolute Gasteiger partial charge is 0.321 e. The van der Waals surface area contributed by atoms with Crippen LogP contribution < -0.4 is 5.32 Å². The summed E-state index contributed by atoms with van der Waals surface area (Å²) in [6.07, 6.45) is 0.250. The van der Waals surface area contributed by atoms with Crippen molar-refractivity contribution in [2.24, 2.45) is 0 Å². The fraction of sp³-hybridized carbons (Fsp3) is 0.300. The van der Waals surface area contributed by atoms with E-state index in [1.165, 1.54) is 12.1 Å². The van der Waals surface area contributed by atoms with Gasteiger partial charge in [0.05, 0.1) is 0 Å². The average Bonchev–Trinajstić information content (AvgIpc) is 2.19. The Morgan fingerprint density at radius 3 is 2.44 bits per heavy atom. The Labute approximate surface area is 99.1 Å². The highest BCUT2D eigenvalue weighted by molar-refractivity contribution is 5.85. The number of benzene rings is 1. The minimum absolute atomic E-state index is 0. The van der Waals surface area contributed by atoms with E-state index in [0.29, 0.717) is 5.56 Å². The molecular weight excluding hydrogens is 234 g/mol. The molecule has 1 rings (SSSR count). The van der Waals surface area contributed by atoms with E-state index >= 15 is 0 Å². The molecule has 1 aromatic carbocycles. The lowest BCUT2D eigenvalue weighted by molar-refractivity contribution is -0.139. The molecule has 0 fully saturated rings. The van der Waals surface area contributed by atoms with Crippen molar-refractivity contribution < 1.29 is 20.1 Å². The quantitative estimate of drug-likeness (QED) is 0.589. The minimum Gasteiger partial charge on any atom is -0.504 e. The van der Waals surface area contributed by atoms with Gasteiger partial charge in [-0.25, -0.2) is 0 Å². The Balaban J connectivity index is 0.00000225. The Morgan fingerprint density at radius 2 is 2.00 bits per heavy atom. The van der Waals surface area contributed by atoms with E-state index in [-0.39, 0.29) is 30.3 Å². The highest BCUT2D eigenvalue weighted by Crippen LogP contribution is 2.25. The van der Waals surface area contributed by atoms with Crippen LogP contribution in [0.4, 0.5) is 0 Å². The fourth-order valence-corrected chi connectivity index (χ4v) is 1.24. The van der Waals surface area contributed by atoms with Gasteiger partial charge in [-0.2, -0.15) is 0 Å². The zero-order valence-electron chi connectivity index (χ0n) is 8.67. The predicted octanol–water partition coefficient (Wildman–Crippen LogP) is 0.735. The van der Waals surface area contributed by atoms with Gasteiger partial charge < -0.3 is 20.6 Å². The monoisotopic (exact) mass is 247 g/mol. The molecule has 4 N–H and O–H groups in total. The first kappa shape index (κ1) is 14.5. The summed E-state index contributed by atoms with van der Waals surface area (Å²) in [6, 6.07) is 3.55. The number of carboxylic acid groups (broad SMARTS) is 1. The molecule has 0 aliphatic carbocycles. The molecule has 0 aromatic heterocycles. The number of aliphatic carboxylic acids is 1. The molecule has 1 atom stereocenters. The maximum absolute atomic E-state index is 10.7. The van der Waals surface area contributed by atoms with Crippen molar-refractivity contribution in [2.75, 3.05) is 7.05 Å². The van der Waals surface area contributed by atoms with Crippen LogP contribution in [0, 0.1) is 0 Å². The van der Waals surface area contributed by atoms with Gasteiger partial charge >= 0.3 is 5.97 Å². The number of nitrogens with one attached hydrogen (secondary N) is 1. The van der Waals surface area contributed by atoms with Crippen LogP contribution in [0.5, 0.6) is 11.5 Å². The van der Waals surface area contributed by atoms with E-state index < -0.39 is 12.0 Å². The second kappa shape index (κ2) is 6.19. The van der Waals surface area contributed by atoms with Crippen LogP contribution in [0.15, 0.2) is 18.2 Å². The summed E-state index contributed by atoms with van der Waals surface area (Å²) in [7, 11) is 1.55. The third-order valence-electron chi connectivity index (χ3n) is 2.13. The van der Waals surface area contributed by atoms with Crippen molar-refractivity contribution in [2.45, 2.75) is 12.5 Å². The molecule has 0 amide bonds. The first-order chi connectivity index (χ1) is 7.04. The Morgan fingerprint density at radius 1 is 1.38 bits per heavy atom.